The molecule has 0 fully saturated rings. The molecule has 0 spiro atoms. The Morgan fingerprint density at radius 3 is 1.62 bits per heavy atom. The van der Waals surface area contributed by atoms with Crippen LogP contribution >= 0.6 is 0 Å². The van der Waals surface area contributed by atoms with E-state index in [0.29, 0.717) is 0 Å². The van der Waals surface area contributed by atoms with Crippen LogP contribution in [0.15, 0.2) is 169 Å². The van der Waals surface area contributed by atoms with Crippen LogP contribution in [0.2, 0.25) is 0 Å². The highest BCUT2D eigenvalue weighted by Gasteiger charge is 2.42. The SMILES string of the molecule is O=c1c2ccccc2c2ccc3c4c2n1-c1ccc(-c2ccccc2)cc1B4c1cc(-c2ccccc2)ccc1N3c1ccccc1. The maximum Gasteiger partial charge on any atom is 0.263 e. The summed E-state index contributed by atoms with van der Waals surface area (Å²) >= 11 is 0. The van der Waals surface area contributed by atoms with E-state index in [9.17, 15) is 4.79 Å². The van der Waals surface area contributed by atoms with Crippen molar-refractivity contribution in [3.8, 4) is 27.9 Å². The zero-order valence-electron chi connectivity index (χ0n) is 25.5. The molecule has 8 aromatic rings. The summed E-state index contributed by atoms with van der Waals surface area (Å²) in [5, 5.41) is 2.82. The lowest BCUT2D eigenvalue weighted by Crippen LogP contribution is -2.61. The highest BCUT2D eigenvalue weighted by Crippen LogP contribution is 2.41. The van der Waals surface area contributed by atoms with Crippen LogP contribution in [-0.4, -0.2) is 11.3 Å². The summed E-state index contributed by atoms with van der Waals surface area (Å²) in [4.78, 5) is 17.0. The number of aromatic nitrogens is 1. The minimum atomic E-state index is -0.0773. The minimum absolute atomic E-state index is 0.0174. The Morgan fingerprint density at radius 1 is 0.426 bits per heavy atom. The molecule has 3 heterocycles. The highest BCUT2D eigenvalue weighted by atomic mass is 16.1. The van der Waals surface area contributed by atoms with Crippen molar-refractivity contribution in [2.24, 2.45) is 0 Å². The molecule has 4 heteroatoms. The first-order valence-electron chi connectivity index (χ1n) is 16.1. The molecule has 0 saturated heterocycles. The number of fused-ring (bicyclic) bond motifs is 7. The molecule has 3 nitrogen and oxygen atoms in total. The number of para-hydroxylation sites is 1. The largest absolute Gasteiger partial charge is 0.311 e. The number of hydrogen-bond acceptors (Lipinski definition) is 2. The lowest BCUT2D eigenvalue weighted by molar-refractivity contribution is 1.07. The molecule has 0 N–H and O–H groups in total. The third-order valence-electron chi connectivity index (χ3n) is 9.99. The fourth-order valence-corrected chi connectivity index (χ4v) is 7.95. The zero-order chi connectivity index (χ0) is 31.1. The summed E-state index contributed by atoms with van der Waals surface area (Å²) in [6.07, 6.45) is 0. The van der Waals surface area contributed by atoms with E-state index in [-0.39, 0.29) is 12.3 Å². The molecule has 2 aliphatic rings. The van der Waals surface area contributed by atoms with Crippen LogP contribution in [0.25, 0.3) is 49.6 Å². The zero-order valence-corrected chi connectivity index (χ0v) is 25.5. The fourth-order valence-electron chi connectivity index (χ4n) is 7.95. The third-order valence-corrected chi connectivity index (χ3v) is 9.99. The summed E-state index contributed by atoms with van der Waals surface area (Å²) in [6, 6.07) is 57.8. The number of hydrogen-bond donors (Lipinski definition) is 0. The van der Waals surface area contributed by atoms with E-state index in [1.54, 1.807) is 0 Å². The maximum absolute atomic E-state index is 14.6. The van der Waals surface area contributed by atoms with Gasteiger partial charge in [-0.15, -0.1) is 0 Å². The second kappa shape index (κ2) is 9.94. The van der Waals surface area contributed by atoms with Crippen molar-refractivity contribution in [2.75, 3.05) is 4.90 Å². The summed E-state index contributed by atoms with van der Waals surface area (Å²) in [6.45, 7) is -0.0773. The van der Waals surface area contributed by atoms with E-state index in [1.807, 2.05) is 22.8 Å². The van der Waals surface area contributed by atoms with Gasteiger partial charge in [-0.2, -0.15) is 0 Å². The summed E-state index contributed by atoms with van der Waals surface area (Å²) in [7, 11) is 0. The van der Waals surface area contributed by atoms with Gasteiger partial charge < -0.3 is 4.90 Å². The van der Waals surface area contributed by atoms with E-state index in [4.69, 9.17) is 0 Å². The molecule has 1 aromatic heterocycles. The van der Waals surface area contributed by atoms with Gasteiger partial charge in [-0.25, -0.2) is 0 Å². The molecule has 0 bridgehead atoms. The molecular weight excluding hydrogens is 571 g/mol. The molecule has 0 amide bonds. The van der Waals surface area contributed by atoms with Gasteiger partial charge in [-0.1, -0.05) is 127 Å². The van der Waals surface area contributed by atoms with Crippen molar-refractivity contribution in [2.45, 2.75) is 0 Å². The Morgan fingerprint density at radius 2 is 0.957 bits per heavy atom. The average molecular weight is 599 g/mol. The topological polar surface area (TPSA) is 25.2 Å². The van der Waals surface area contributed by atoms with Gasteiger partial charge in [0.2, 0.25) is 0 Å². The first kappa shape index (κ1) is 26.1. The van der Waals surface area contributed by atoms with E-state index < -0.39 is 0 Å². The molecule has 0 atom stereocenters. The highest BCUT2D eigenvalue weighted by molar-refractivity contribution is 7.00. The Balaban J connectivity index is 1.38. The second-order valence-corrected chi connectivity index (χ2v) is 12.5. The van der Waals surface area contributed by atoms with Gasteiger partial charge in [-0.3, -0.25) is 9.36 Å². The standard InChI is InChI=1S/C43H27BN2O/c47-43-35-19-11-10-18-33(35)34-22-25-40-41-42(34)46(43)39-24-21-31(29-14-6-2-7-15-29)27-37(39)44(41)36-26-30(28-12-4-1-5-13-28)20-23-38(36)45(40)32-16-8-3-9-17-32/h1-27H. The second-order valence-electron chi connectivity index (χ2n) is 12.5. The van der Waals surface area contributed by atoms with Crippen molar-refractivity contribution in [3.05, 3.63) is 174 Å². The number of rotatable bonds is 3. The van der Waals surface area contributed by atoms with Gasteiger partial charge >= 0.3 is 0 Å². The Labute approximate surface area is 272 Å². The van der Waals surface area contributed by atoms with Crippen LogP contribution in [0.4, 0.5) is 17.1 Å². The van der Waals surface area contributed by atoms with E-state index in [1.165, 1.54) is 22.1 Å². The summed E-state index contributed by atoms with van der Waals surface area (Å²) < 4.78 is 1.99. The third kappa shape index (κ3) is 3.73. The predicted octanol–water partition coefficient (Wildman–Crippen LogP) is 8.09. The number of nitrogens with zero attached hydrogens (tertiary/aromatic N) is 2. The molecule has 0 aliphatic carbocycles. The molecule has 2 aliphatic heterocycles. The van der Waals surface area contributed by atoms with Crippen molar-refractivity contribution in [1.82, 2.24) is 4.57 Å². The first-order chi connectivity index (χ1) is 23.3. The summed E-state index contributed by atoms with van der Waals surface area (Å²) in [5.41, 5.74) is 13.5. The van der Waals surface area contributed by atoms with Gasteiger partial charge in [-0.05, 0) is 80.4 Å². The van der Waals surface area contributed by atoms with E-state index >= 15 is 0 Å². The van der Waals surface area contributed by atoms with Crippen molar-refractivity contribution < 1.29 is 0 Å². The van der Waals surface area contributed by atoms with Crippen molar-refractivity contribution in [1.29, 1.82) is 0 Å². The van der Waals surface area contributed by atoms with E-state index in [0.717, 1.165) is 61.0 Å². The van der Waals surface area contributed by atoms with Crippen LogP contribution in [0, 0.1) is 0 Å². The maximum atomic E-state index is 14.6. The monoisotopic (exact) mass is 598 g/mol. The lowest BCUT2D eigenvalue weighted by atomic mass is 9.33. The van der Waals surface area contributed by atoms with Gasteiger partial charge in [0.25, 0.3) is 12.3 Å². The summed E-state index contributed by atoms with van der Waals surface area (Å²) in [5.74, 6) is 0. The van der Waals surface area contributed by atoms with Crippen LogP contribution < -0.4 is 26.8 Å². The average Bonchev–Trinajstić information content (AvgIpc) is 3.15. The van der Waals surface area contributed by atoms with Gasteiger partial charge in [0.05, 0.1) is 5.52 Å². The van der Waals surface area contributed by atoms with Crippen LogP contribution in [0.3, 0.4) is 0 Å². The van der Waals surface area contributed by atoms with Gasteiger partial charge in [0, 0.05) is 33.5 Å². The van der Waals surface area contributed by atoms with Crippen LogP contribution in [0.5, 0.6) is 0 Å². The molecule has 7 aromatic carbocycles. The molecule has 10 rings (SSSR count). The van der Waals surface area contributed by atoms with E-state index in [2.05, 4.69) is 150 Å². The molecular formula is C43H27BN2O. The lowest BCUT2D eigenvalue weighted by Gasteiger charge is -2.41. The van der Waals surface area contributed by atoms with Crippen molar-refractivity contribution in [3.63, 3.8) is 0 Å². The van der Waals surface area contributed by atoms with Crippen LogP contribution in [0.1, 0.15) is 0 Å². The molecule has 0 saturated carbocycles. The smallest absolute Gasteiger partial charge is 0.263 e. The predicted molar refractivity (Wildman–Crippen MR) is 197 cm³/mol. The fraction of sp³-hybridized carbons (Fsp3) is 0. The Kier molecular flexibility index (Phi) is 5.52. The molecule has 0 unspecified atom stereocenters. The first-order valence-corrected chi connectivity index (χ1v) is 16.1. The molecule has 47 heavy (non-hydrogen) atoms. The van der Waals surface area contributed by atoms with Gasteiger partial charge in [0.1, 0.15) is 0 Å². The Hall–Kier alpha value is -6.13. The Bertz CT molecular complexity index is 2600. The van der Waals surface area contributed by atoms with Gasteiger partial charge in [0.15, 0.2) is 0 Å². The molecule has 0 radical (unpaired) electrons. The number of pyridine rings is 1. The van der Waals surface area contributed by atoms with Crippen molar-refractivity contribution >= 4 is 61.8 Å². The number of anilines is 3. The quantitative estimate of drug-likeness (QED) is 0.152. The number of benzene rings is 7. The molecule has 218 valence electrons. The van der Waals surface area contributed by atoms with Crippen LogP contribution in [-0.2, 0) is 0 Å². The normalized spacial score (nSPS) is 12.7. The minimum Gasteiger partial charge on any atom is -0.311 e.